The van der Waals surface area contributed by atoms with Crippen LogP contribution in [0.25, 0.3) is 0 Å². The monoisotopic (exact) mass is 360 g/mol. The van der Waals surface area contributed by atoms with Crippen molar-refractivity contribution in [3.8, 4) is 0 Å². The quantitative estimate of drug-likeness (QED) is 0.786. The molecule has 0 fully saturated rings. The number of nitrogens with two attached hydrogens (primary N) is 1. The van der Waals surface area contributed by atoms with Crippen LogP contribution in [0.1, 0.15) is 10.4 Å². The summed E-state index contributed by atoms with van der Waals surface area (Å²) in [6.45, 7) is 1.05. The van der Waals surface area contributed by atoms with Gasteiger partial charge in [-0.15, -0.1) is 23.7 Å². The van der Waals surface area contributed by atoms with Gasteiger partial charge in [0.1, 0.15) is 0 Å². The molecule has 0 aliphatic carbocycles. The number of aryl methyl sites for hydroxylation is 1. The molecule has 2 aromatic rings. The highest BCUT2D eigenvalue weighted by Gasteiger charge is 2.21. The van der Waals surface area contributed by atoms with E-state index in [0.29, 0.717) is 26.1 Å². The maximum absolute atomic E-state index is 12.5. The van der Waals surface area contributed by atoms with E-state index in [0.717, 1.165) is 10.4 Å². The maximum atomic E-state index is 12.5. The summed E-state index contributed by atoms with van der Waals surface area (Å²) in [7, 11) is -3.30. The summed E-state index contributed by atoms with van der Waals surface area (Å²) in [5, 5.41) is 1.96. The van der Waals surface area contributed by atoms with Crippen LogP contribution in [-0.2, 0) is 23.0 Å². The number of thiophene rings is 1. The summed E-state index contributed by atoms with van der Waals surface area (Å²) in [5.41, 5.74) is 6.54. The van der Waals surface area contributed by atoms with E-state index in [1.807, 2.05) is 47.8 Å². The molecule has 2 rings (SSSR count). The molecule has 22 heavy (non-hydrogen) atoms. The normalized spacial score (nSPS) is 11.4. The minimum Gasteiger partial charge on any atom is -0.329 e. The van der Waals surface area contributed by atoms with Crippen LogP contribution in [0.4, 0.5) is 0 Å². The Bertz CT molecular complexity index is 631. The second-order valence-electron chi connectivity index (χ2n) is 4.75. The van der Waals surface area contributed by atoms with Gasteiger partial charge in [-0.1, -0.05) is 36.4 Å². The Morgan fingerprint density at radius 1 is 1.09 bits per heavy atom. The Morgan fingerprint density at radius 2 is 1.82 bits per heavy atom. The largest absolute Gasteiger partial charge is 0.329 e. The molecule has 2 N–H and O–H groups in total. The van der Waals surface area contributed by atoms with Gasteiger partial charge in [0.05, 0.1) is 5.75 Å². The number of nitrogens with zero attached hydrogens (tertiary/aromatic N) is 1. The molecule has 0 saturated heterocycles. The van der Waals surface area contributed by atoms with Crippen molar-refractivity contribution in [2.75, 3.05) is 18.8 Å². The summed E-state index contributed by atoms with van der Waals surface area (Å²) in [6, 6.07) is 13.5. The van der Waals surface area contributed by atoms with Gasteiger partial charge in [-0.3, -0.25) is 0 Å². The van der Waals surface area contributed by atoms with Gasteiger partial charge >= 0.3 is 0 Å². The molecule has 0 aliphatic heterocycles. The second kappa shape index (κ2) is 9.27. The van der Waals surface area contributed by atoms with E-state index in [9.17, 15) is 8.42 Å². The van der Waals surface area contributed by atoms with Crippen LogP contribution >= 0.6 is 23.7 Å². The molecule has 0 amide bonds. The molecule has 7 heteroatoms. The van der Waals surface area contributed by atoms with E-state index < -0.39 is 10.0 Å². The van der Waals surface area contributed by atoms with E-state index in [1.165, 1.54) is 4.31 Å². The zero-order chi connectivity index (χ0) is 15.1. The molecule has 1 heterocycles. The Kier molecular flexibility index (Phi) is 8.06. The summed E-state index contributed by atoms with van der Waals surface area (Å²) < 4.78 is 26.5. The van der Waals surface area contributed by atoms with E-state index in [4.69, 9.17) is 5.73 Å². The molecule has 0 bridgehead atoms. The fourth-order valence-corrected chi connectivity index (χ4v) is 4.36. The Hall–Kier alpha value is -0.920. The maximum Gasteiger partial charge on any atom is 0.214 e. The van der Waals surface area contributed by atoms with E-state index >= 15 is 0 Å². The fourth-order valence-electron chi connectivity index (χ4n) is 2.06. The average Bonchev–Trinajstić information content (AvgIpc) is 2.99. The van der Waals surface area contributed by atoms with Crippen molar-refractivity contribution in [3.63, 3.8) is 0 Å². The van der Waals surface area contributed by atoms with E-state index in [1.54, 1.807) is 11.3 Å². The lowest BCUT2D eigenvalue weighted by Gasteiger charge is -2.21. The van der Waals surface area contributed by atoms with Crippen LogP contribution in [0.15, 0.2) is 47.8 Å². The highest BCUT2D eigenvalue weighted by atomic mass is 35.5. The average molecular weight is 361 g/mol. The molecule has 0 saturated carbocycles. The number of rotatable bonds is 8. The van der Waals surface area contributed by atoms with Gasteiger partial charge in [-0.05, 0) is 23.4 Å². The topological polar surface area (TPSA) is 63.4 Å². The first-order valence-electron chi connectivity index (χ1n) is 6.86. The second-order valence-corrected chi connectivity index (χ2v) is 7.87. The Morgan fingerprint density at radius 3 is 2.41 bits per heavy atom. The first-order chi connectivity index (χ1) is 10.1. The van der Waals surface area contributed by atoms with Crippen molar-refractivity contribution < 1.29 is 8.42 Å². The van der Waals surface area contributed by atoms with Crippen LogP contribution in [0.2, 0.25) is 0 Å². The SMILES string of the molecule is Cl.NCCN(Cc1ccccc1)S(=O)(=O)CCc1cccs1. The third-order valence-electron chi connectivity index (χ3n) is 3.16. The molecular weight excluding hydrogens is 340 g/mol. The van der Waals surface area contributed by atoms with Gasteiger partial charge in [0.2, 0.25) is 10.0 Å². The molecule has 1 aromatic heterocycles. The molecule has 1 aromatic carbocycles. The van der Waals surface area contributed by atoms with Gasteiger partial charge in [-0.25, -0.2) is 8.42 Å². The van der Waals surface area contributed by atoms with Crippen molar-refractivity contribution in [1.82, 2.24) is 4.31 Å². The van der Waals surface area contributed by atoms with Crippen molar-refractivity contribution >= 4 is 33.8 Å². The number of benzene rings is 1. The highest BCUT2D eigenvalue weighted by Crippen LogP contribution is 2.14. The molecular formula is C15H21ClN2O2S2. The fraction of sp³-hybridized carbons (Fsp3) is 0.333. The van der Waals surface area contributed by atoms with Crippen LogP contribution in [-0.4, -0.2) is 31.6 Å². The number of hydrogen-bond acceptors (Lipinski definition) is 4. The zero-order valence-corrected chi connectivity index (χ0v) is 14.7. The third kappa shape index (κ3) is 5.70. The molecule has 122 valence electrons. The number of sulfonamides is 1. The first-order valence-corrected chi connectivity index (χ1v) is 9.35. The number of halogens is 1. The van der Waals surface area contributed by atoms with E-state index in [2.05, 4.69) is 0 Å². The van der Waals surface area contributed by atoms with Crippen LogP contribution < -0.4 is 5.73 Å². The summed E-state index contributed by atoms with van der Waals surface area (Å²) in [5.74, 6) is 0.125. The van der Waals surface area contributed by atoms with Crippen LogP contribution in [0.5, 0.6) is 0 Å². The molecule has 4 nitrogen and oxygen atoms in total. The van der Waals surface area contributed by atoms with Crippen molar-refractivity contribution in [1.29, 1.82) is 0 Å². The van der Waals surface area contributed by atoms with Gasteiger partial charge in [0.25, 0.3) is 0 Å². The van der Waals surface area contributed by atoms with Gasteiger partial charge in [0, 0.05) is 24.5 Å². The van der Waals surface area contributed by atoms with Crippen LogP contribution in [0, 0.1) is 0 Å². The highest BCUT2D eigenvalue weighted by molar-refractivity contribution is 7.89. The minimum absolute atomic E-state index is 0. The van der Waals surface area contributed by atoms with Gasteiger partial charge in [-0.2, -0.15) is 4.31 Å². The third-order valence-corrected chi connectivity index (χ3v) is 5.91. The summed E-state index contributed by atoms with van der Waals surface area (Å²) in [4.78, 5) is 1.09. The van der Waals surface area contributed by atoms with Crippen molar-refractivity contribution in [3.05, 3.63) is 58.3 Å². The van der Waals surface area contributed by atoms with Crippen molar-refractivity contribution in [2.24, 2.45) is 5.73 Å². The van der Waals surface area contributed by atoms with Crippen molar-refractivity contribution in [2.45, 2.75) is 13.0 Å². The number of hydrogen-bond donors (Lipinski definition) is 1. The summed E-state index contributed by atoms with van der Waals surface area (Å²) >= 11 is 1.59. The predicted molar refractivity (Wildman–Crippen MR) is 95.0 cm³/mol. The van der Waals surface area contributed by atoms with Gasteiger partial charge in [0.15, 0.2) is 0 Å². The molecule has 0 spiro atoms. The lowest BCUT2D eigenvalue weighted by atomic mass is 10.2. The molecule has 0 unspecified atom stereocenters. The zero-order valence-electron chi connectivity index (χ0n) is 12.2. The molecule has 0 atom stereocenters. The van der Waals surface area contributed by atoms with Crippen LogP contribution in [0.3, 0.4) is 0 Å². The Balaban J connectivity index is 0.00000242. The van der Waals surface area contributed by atoms with E-state index in [-0.39, 0.29) is 18.2 Å². The molecule has 0 aliphatic rings. The summed E-state index contributed by atoms with van der Waals surface area (Å²) in [6.07, 6.45) is 0.551. The Labute approximate surface area is 142 Å². The lowest BCUT2D eigenvalue weighted by molar-refractivity contribution is 0.414. The molecule has 0 radical (unpaired) electrons. The standard InChI is InChI=1S/C15H20N2O2S2.ClH/c16-9-10-17(13-14-5-2-1-3-6-14)21(18,19)12-8-15-7-4-11-20-15;/h1-7,11H,8-10,12-13,16H2;1H. The lowest BCUT2D eigenvalue weighted by Crippen LogP contribution is -2.36. The minimum atomic E-state index is -3.30. The van der Waals surface area contributed by atoms with Gasteiger partial charge < -0.3 is 5.73 Å². The smallest absolute Gasteiger partial charge is 0.214 e. The predicted octanol–water partition coefficient (Wildman–Crippen LogP) is 2.50. The first kappa shape index (κ1) is 19.1.